The van der Waals surface area contributed by atoms with E-state index in [9.17, 15) is 4.79 Å². The predicted octanol–water partition coefficient (Wildman–Crippen LogP) is 2.77. The second-order valence-electron chi connectivity index (χ2n) is 9.17. The molecule has 1 aromatic carbocycles. The number of hydrogen-bond acceptors (Lipinski definition) is 4. The van der Waals surface area contributed by atoms with Gasteiger partial charge < -0.3 is 20.4 Å². The molecule has 0 atom stereocenters. The topological polar surface area (TPSA) is 63.2 Å². The van der Waals surface area contributed by atoms with Crippen LogP contribution in [0.5, 0.6) is 0 Å². The maximum atomic E-state index is 12.6. The lowest BCUT2D eigenvalue weighted by Gasteiger charge is -2.41. The molecule has 0 spiro atoms. The van der Waals surface area contributed by atoms with Gasteiger partial charge in [-0.1, -0.05) is 24.6 Å². The standard InChI is InChI=1S/C24H40N6O.HI/c1-24(2,30-14-8-5-9-15-30)20-27-23(25-3)26-13-12-22(31)29-18-16-28(17-19-29)21-10-6-4-7-11-21;/h4,6-7,10-11H,5,8-9,12-20H2,1-3H3,(H2,25,26,27);1H. The van der Waals surface area contributed by atoms with E-state index in [2.05, 4.69) is 63.5 Å². The summed E-state index contributed by atoms with van der Waals surface area (Å²) in [6.07, 6.45) is 4.41. The van der Waals surface area contributed by atoms with Gasteiger partial charge in [-0.3, -0.25) is 14.7 Å². The first-order chi connectivity index (χ1) is 15.0. The summed E-state index contributed by atoms with van der Waals surface area (Å²) in [5.41, 5.74) is 1.32. The maximum absolute atomic E-state index is 12.6. The molecule has 0 aliphatic carbocycles. The summed E-state index contributed by atoms with van der Waals surface area (Å²) in [4.78, 5) is 23.9. The molecule has 0 bridgehead atoms. The minimum absolute atomic E-state index is 0. The van der Waals surface area contributed by atoms with Crippen LogP contribution in [0.3, 0.4) is 0 Å². The smallest absolute Gasteiger partial charge is 0.224 e. The Labute approximate surface area is 211 Å². The van der Waals surface area contributed by atoms with E-state index in [-0.39, 0.29) is 35.4 Å². The number of anilines is 1. The Hall–Kier alpha value is -1.55. The molecule has 2 heterocycles. The first-order valence-corrected chi connectivity index (χ1v) is 11.8. The van der Waals surface area contributed by atoms with Gasteiger partial charge in [-0.05, 0) is 51.9 Å². The minimum atomic E-state index is 0. The van der Waals surface area contributed by atoms with Crippen LogP contribution in [-0.4, -0.2) is 86.6 Å². The van der Waals surface area contributed by atoms with E-state index in [1.807, 2.05) is 11.0 Å². The number of piperidine rings is 1. The molecule has 2 saturated heterocycles. The van der Waals surface area contributed by atoms with Crippen LogP contribution in [0.15, 0.2) is 35.3 Å². The summed E-state index contributed by atoms with van der Waals surface area (Å²) in [6, 6.07) is 10.4. The number of nitrogens with zero attached hydrogens (tertiary/aromatic N) is 4. The minimum Gasteiger partial charge on any atom is -0.368 e. The Morgan fingerprint density at radius 2 is 1.62 bits per heavy atom. The van der Waals surface area contributed by atoms with E-state index in [4.69, 9.17) is 0 Å². The molecule has 0 unspecified atom stereocenters. The second-order valence-corrected chi connectivity index (χ2v) is 9.17. The summed E-state index contributed by atoms with van der Waals surface area (Å²) < 4.78 is 0. The molecular formula is C24H41IN6O. The molecule has 2 fully saturated rings. The number of para-hydroxylation sites is 1. The monoisotopic (exact) mass is 556 g/mol. The van der Waals surface area contributed by atoms with Crippen LogP contribution in [0, 0.1) is 0 Å². The third-order valence-electron chi connectivity index (χ3n) is 6.51. The summed E-state index contributed by atoms with van der Waals surface area (Å²) >= 11 is 0. The number of aliphatic imine (C=N–C) groups is 1. The van der Waals surface area contributed by atoms with Crippen LogP contribution < -0.4 is 15.5 Å². The van der Waals surface area contributed by atoms with Crippen molar-refractivity contribution in [2.45, 2.75) is 45.1 Å². The second kappa shape index (κ2) is 13.2. The van der Waals surface area contributed by atoms with Gasteiger partial charge in [0.25, 0.3) is 0 Å². The Kier molecular flexibility index (Phi) is 11.0. The molecular weight excluding hydrogens is 515 g/mol. The molecule has 0 saturated carbocycles. The van der Waals surface area contributed by atoms with Crippen molar-refractivity contribution < 1.29 is 4.79 Å². The molecule has 1 amide bonds. The quantitative estimate of drug-likeness (QED) is 0.308. The first-order valence-electron chi connectivity index (χ1n) is 11.8. The molecule has 0 radical (unpaired) electrons. The SMILES string of the molecule is CN=C(NCCC(=O)N1CCN(c2ccccc2)CC1)NCC(C)(C)N1CCCCC1.I. The summed E-state index contributed by atoms with van der Waals surface area (Å²) in [5.74, 6) is 0.982. The van der Waals surface area contributed by atoms with Crippen molar-refractivity contribution in [3.05, 3.63) is 30.3 Å². The average Bonchev–Trinajstić information content (AvgIpc) is 2.82. The highest BCUT2D eigenvalue weighted by Gasteiger charge is 2.28. The number of rotatable bonds is 7. The van der Waals surface area contributed by atoms with E-state index in [0.29, 0.717) is 13.0 Å². The van der Waals surface area contributed by atoms with Gasteiger partial charge in [0, 0.05) is 64.0 Å². The van der Waals surface area contributed by atoms with Gasteiger partial charge >= 0.3 is 0 Å². The van der Waals surface area contributed by atoms with E-state index in [1.165, 1.54) is 38.0 Å². The van der Waals surface area contributed by atoms with Gasteiger partial charge in [0.05, 0.1) is 0 Å². The lowest BCUT2D eigenvalue weighted by Crippen LogP contribution is -2.55. The highest BCUT2D eigenvalue weighted by atomic mass is 127. The molecule has 2 N–H and O–H groups in total. The Bertz CT molecular complexity index is 712. The zero-order chi connectivity index (χ0) is 22.1. The van der Waals surface area contributed by atoms with Crippen molar-refractivity contribution in [1.82, 2.24) is 20.4 Å². The highest BCUT2D eigenvalue weighted by molar-refractivity contribution is 14.0. The first kappa shape index (κ1) is 26.7. The van der Waals surface area contributed by atoms with E-state index < -0.39 is 0 Å². The zero-order valence-corrected chi connectivity index (χ0v) is 22.3. The molecule has 7 nitrogen and oxygen atoms in total. The van der Waals surface area contributed by atoms with Gasteiger partial charge in [0.15, 0.2) is 5.96 Å². The van der Waals surface area contributed by atoms with Gasteiger partial charge in [-0.25, -0.2) is 0 Å². The van der Waals surface area contributed by atoms with Crippen molar-refractivity contribution in [3.8, 4) is 0 Å². The number of likely N-dealkylation sites (tertiary alicyclic amines) is 1. The number of halogens is 1. The maximum Gasteiger partial charge on any atom is 0.224 e. The molecule has 2 aliphatic heterocycles. The Morgan fingerprint density at radius 3 is 2.25 bits per heavy atom. The average molecular weight is 557 g/mol. The fourth-order valence-electron chi connectivity index (χ4n) is 4.43. The van der Waals surface area contributed by atoms with Crippen molar-refractivity contribution >= 4 is 41.5 Å². The number of hydrogen-bond donors (Lipinski definition) is 2. The molecule has 1 aromatic rings. The predicted molar refractivity (Wildman–Crippen MR) is 144 cm³/mol. The van der Waals surface area contributed by atoms with Crippen LogP contribution in [0.25, 0.3) is 0 Å². The summed E-state index contributed by atoms with van der Waals surface area (Å²) in [6.45, 7) is 11.7. The van der Waals surface area contributed by atoms with Crippen LogP contribution >= 0.6 is 24.0 Å². The van der Waals surface area contributed by atoms with Gasteiger partial charge in [0.2, 0.25) is 5.91 Å². The number of guanidine groups is 1. The summed E-state index contributed by atoms with van der Waals surface area (Å²) in [5, 5.41) is 6.76. The largest absolute Gasteiger partial charge is 0.368 e. The van der Waals surface area contributed by atoms with Crippen molar-refractivity contribution in [2.24, 2.45) is 4.99 Å². The molecule has 3 rings (SSSR count). The van der Waals surface area contributed by atoms with Crippen LogP contribution in [0.1, 0.15) is 39.5 Å². The van der Waals surface area contributed by atoms with Crippen molar-refractivity contribution in [3.63, 3.8) is 0 Å². The number of carbonyl (C=O) groups is 1. The number of nitrogens with one attached hydrogen (secondary N) is 2. The lowest BCUT2D eigenvalue weighted by atomic mass is 9.98. The fraction of sp³-hybridized carbons (Fsp3) is 0.667. The van der Waals surface area contributed by atoms with Crippen LogP contribution in [0.2, 0.25) is 0 Å². The number of amides is 1. The van der Waals surface area contributed by atoms with E-state index in [0.717, 1.165) is 38.7 Å². The third-order valence-corrected chi connectivity index (χ3v) is 6.51. The molecule has 8 heteroatoms. The van der Waals surface area contributed by atoms with E-state index in [1.54, 1.807) is 7.05 Å². The fourth-order valence-corrected chi connectivity index (χ4v) is 4.43. The number of benzene rings is 1. The highest BCUT2D eigenvalue weighted by Crippen LogP contribution is 2.20. The molecule has 180 valence electrons. The van der Waals surface area contributed by atoms with E-state index >= 15 is 0 Å². The van der Waals surface area contributed by atoms with Gasteiger partial charge in [0.1, 0.15) is 0 Å². The number of carbonyl (C=O) groups excluding carboxylic acids is 1. The van der Waals surface area contributed by atoms with Gasteiger partial charge in [-0.15, -0.1) is 24.0 Å². The normalized spacial score (nSPS) is 18.2. The summed E-state index contributed by atoms with van der Waals surface area (Å²) in [7, 11) is 1.79. The molecule has 2 aliphatic rings. The number of piperazine rings is 1. The van der Waals surface area contributed by atoms with Crippen LogP contribution in [-0.2, 0) is 4.79 Å². The Morgan fingerprint density at radius 1 is 0.969 bits per heavy atom. The van der Waals surface area contributed by atoms with Gasteiger partial charge in [-0.2, -0.15) is 0 Å². The van der Waals surface area contributed by atoms with Crippen molar-refractivity contribution in [2.75, 3.05) is 64.3 Å². The lowest BCUT2D eigenvalue weighted by molar-refractivity contribution is -0.131. The molecule has 0 aromatic heterocycles. The van der Waals surface area contributed by atoms with Crippen LogP contribution in [0.4, 0.5) is 5.69 Å². The zero-order valence-electron chi connectivity index (χ0n) is 20.0. The van der Waals surface area contributed by atoms with Crippen molar-refractivity contribution in [1.29, 1.82) is 0 Å². The molecule has 32 heavy (non-hydrogen) atoms. The third kappa shape index (κ3) is 7.79. The Balaban J connectivity index is 0.00000363.